The Kier molecular flexibility index (Phi) is 8.20. The first-order valence-corrected chi connectivity index (χ1v) is 17.0. The smallest absolute Gasteiger partial charge is 0.374 e. The van der Waals surface area contributed by atoms with Crippen molar-refractivity contribution in [3.8, 4) is 28.0 Å². The molecule has 1 aliphatic heterocycles. The zero-order valence-electron chi connectivity index (χ0n) is 25.7. The van der Waals surface area contributed by atoms with Crippen LogP contribution in [-0.4, -0.2) is 18.7 Å². The van der Waals surface area contributed by atoms with E-state index in [9.17, 15) is 13.0 Å². The molecular weight excluding hydrogens is 609 g/mol. The number of oxazole rings is 1. The summed E-state index contributed by atoms with van der Waals surface area (Å²) >= 11 is 0. The summed E-state index contributed by atoms with van der Waals surface area (Å²) < 4.78 is 49.7. The van der Waals surface area contributed by atoms with Crippen molar-refractivity contribution in [1.82, 2.24) is 0 Å². The number of ether oxygens (including phenoxy) is 1. The zero-order chi connectivity index (χ0) is 32.4. The van der Waals surface area contributed by atoms with Gasteiger partial charge >= 0.3 is 5.89 Å². The fraction of sp³-hybridized carbons (Fsp3) is 0.103. The van der Waals surface area contributed by atoms with Crippen LogP contribution < -0.4 is 14.2 Å². The van der Waals surface area contributed by atoms with Crippen LogP contribution in [0.3, 0.4) is 0 Å². The number of benzene rings is 5. The lowest BCUT2D eigenvalue weighted by molar-refractivity contribution is -0.673. The van der Waals surface area contributed by atoms with Crippen LogP contribution in [0.15, 0.2) is 149 Å². The highest BCUT2D eigenvalue weighted by molar-refractivity contribution is 7.85. The molecule has 0 saturated heterocycles. The maximum Gasteiger partial charge on any atom is 0.374 e. The molecule has 0 saturated carbocycles. The normalized spacial score (nSPS) is 14.0. The van der Waals surface area contributed by atoms with Crippen LogP contribution in [-0.2, 0) is 16.7 Å². The Morgan fingerprint density at radius 3 is 2.04 bits per heavy atom. The van der Waals surface area contributed by atoms with Crippen LogP contribution in [0.2, 0.25) is 0 Å². The minimum atomic E-state index is -4.46. The largest absolute Gasteiger partial charge is 0.748 e. The van der Waals surface area contributed by atoms with E-state index in [-0.39, 0.29) is 6.54 Å². The van der Waals surface area contributed by atoms with Gasteiger partial charge in [0.05, 0.1) is 17.5 Å². The van der Waals surface area contributed by atoms with Gasteiger partial charge < -0.3 is 13.7 Å². The molecule has 0 atom stereocenters. The predicted molar refractivity (Wildman–Crippen MR) is 184 cm³/mol. The first-order valence-electron chi connectivity index (χ1n) is 15.5. The molecule has 1 aliphatic rings. The zero-order valence-corrected chi connectivity index (χ0v) is 26.6. The lowest BCUT2D eigenvalue weighted by atomic mass is 10.0. The number of aromatic nitrogens is 1. The molecule has 0 spiro atoms. The first-order chi connectivity index (χ1) is 22.9. The molecule has 1 aromatic heterocycles. The predicted octanol–water partition coefficient (Wildman–Crippen LogP) is 8.47. The fourth-order valence-electron chi connectivity index (χ4n) is 5.82. The third-order valence-corrected chi connectivity index (χ3v) is 8.87. The summed E-state index contributed by atoms with van der Waals surface area (Å²) in [5, 5.41) is 0. The number of anilines is 2. The van der Waals surface area contributed by atoms with Crippen LogP contribution in [0.1, 0.15) is 19.2 Å². The van der Waals surface area contributed by atoms with Gasteiger partial charge in [-0.2, -0.15) is 4.57 Å². The quantitative estimate of drug-likeness (QED) is 0.116. The highest BCUT2D eigenvalue weighted by Crippen LogP contribution is 2.46. The van der Waals surface area contributed by atoms with Gasteiger partial charge in [-0.05, 0) is 64.6 Å². The van der Waals surface area contributed by atoms with Crippen LogP contribution in [0, 0.1) is 0 Å². The molecule has 0 unspecified atom stereocenters. The van der Waals surface area contributed by atoms with E-state index in [1.165, 1.54) is 0 Å². The molecule has 7 nitrogen and oxygen atoms in total. The Labute approximate surface area is 274 Å². The van der Waals surface area contributed by atoms with Crippen molar-refractivity contribution in [2.75, 3.05) is 10.7 Å². The molecular formula is C39H32N2O5S. The highest BCUT2D eigenvalue weighted by atomic mass is 32.2. The average molecular weight is 641 g/mol. The number of hydrogen-bond acceptors (Lipinski definition) is 6. The van der Waals surface area contributed by atoms with E-state index in [1.54, 1.807) is 4.57 Å². The molecule has 5 aromatic carbocycles. The third-order valence-electron chi connectivity index (χ3n) is 8.18. The summed E-state index contributed by atoms with van der Waals surface area (Å²) in [5.74, 6) is 1.24. The Morgan fingerprint density at radius 1 is 0.787 bits per heavy atom. The van der Waals surface area contributed by atoms with E-state index in [1.807, 2.05) is 122 Å². The second-order valence-corrected chi connectivity index (χ2v) is 12.8. The van der Waals surface area contributed by atoms with Gasteiger partial charge in [-0.15, -0.1) is 0 Å². The van der Waals surface area contributed by atoms with Crippen molar-refractivity contribution >= 4 is 38.7 Å². The van der Waals surface area contributed by atoms with Gasteiger partial charge in [-0.3, -0.25) is 4.90 Å². The topological polar surface area (TPSA) is 86.7 Å². The molecule has 7 rings (SSSR count). The third kappa shape index (κ3) is 6.47. The van der Waals surface area contributed by atoms with Gasteiger partial charge in [-0.25, -0.2) is 8.42 Å². The number of aryl methyl sites for hydroxylation is 1. The molecule has 234 valence electrons. The molecule has 2 heterocycles. The van der Waals surface area contributed by atoms with Crippen LogP contribution in [0.4, 0.5) is 11.4 Å². The Balaban J connectivity index is 1.32. The van der Waals surface area contributed by atoms with Crippen molar-refractivity contribution < 1.29 is 26.7 Å². The summed E-state index contributed by atoms with van der Waals surface area (Å²) in [7, 11) is -4.46. The summed E-state index contributed by atoms with van der Waals surface area (Å²) in [6, 6.07) is 42.2. The van der Waals surface area contributed by atoms with Gasteiger partial charge in [0.1, 0.15) is 10.1 Å². The van der Waals surface area contributed by atoms with Gasteiger partial charge in [0.15, 0.2) is 12.3 Å². The molecule has 0 radical (unpaired) electrons. The molecule has 0 bridgehead atoms. The molecule has 0 N–H and O–H groups in total. The SMILES string of the molecule is CCC(=Cc1oc2ccc(-c3ccccc3)cc2[n+]1CCS(=O)(=O)[O-])C=C1Oc2ccc(-c3ccccc3)cc2N1c1ccccc1. The van der Waals surface area contributed by atoms with E-state index >= 15 is 0 Å². The summed E-state index contributed by atoms with van der Waals surface area (Å²) in [5.41, 5.74) is 8.21. The Bertz CT molecular complexity index is 2230. The van der Waals surface area contributed by atoms with Crippen LogP contribution in [0.25, 0.3) is 39.4 Å². The van der Waals surface area contributed by atoms with Gasteiger partial charge in [0.2, 0.25) is 11.5 Å². The Hall–Kier alpha value is -5.44. The Morgan fingerprint density at radius 2 is 1.40 bits per heavy atom. The minimum absolute atomic E-state index is 0.0448. The van der Waals surface area contributed by atoms with Crippen molar-refractivity contribution in [2.45, 2.75) is 19.9 Å². The number of nitrogens with zero attached hydrogens (tertiary/aromatic N) is 2. The number of allylic oxidation sites excluding steroid dienone is 2. The van der Waals surface area contributed by atoms with E-state index < -0.39 is 15.9 Å². The van der Waals surface area contributed by atoms with Crippen molar-refractivity contribution in [1.29, 1.82) is 0 Å². The van der Waals surface area contributed by atoms with Gasteiger partial charge in [0, 0.05) is 17.8 Å². The second kappa shape index (κ2) is 12.7. The van der Waals surface area contributed by atoms with Crippen molar-refractivity contribution in [3.63, 3.8) is 0 Å². The van der Waals surface area contributed by atoms with Crippen LogP contribution in [0.5, 0.6) is 5.75 Å². The first kappa shape index (κ1) is 30.2. The standard InChI is InChI=1S/C39H32N2O5S/c1-2-28(24-38-40(22-23-47(42,43)44)34-26-31(18-20-36(34)45-38)29-12-6-3-7-13-29)25-39-41(33-16-10-5-11-17-33)35-27-32(19-21-37(35)46-39)30-14-8-4-9-15-30/h3-21,24-27H,2,22-23H2,1H3. The van der Waals surface area contributed by atoms with E-state index in [4.69, 9.17) is 9.15 Å². The van der Waals surface area contributed by atoms with Crippen LogP contribution >= 0.6 is 0 Å². The number of hydrogen-bond donors (Lipinski definition) is 0. The van der Waals surface area contributed by atoms with E-state index in [0.717, 1.165) is 45.0 Å². The highest BCUT2D eigenvalue weighted by Gasteiger charge is 2.29. The maximum absolute atomic E-state index is 11.7. The fourth-order valence-corrected chi connectivity index (χ4v) is 6.22. The molecule has 47 heavy (non-hydrogen) atoms. The maximum atomic E-state index is 11.7. The molecule has 0 amide bonds. The van der Waals surface area contributed by atoms with Gasteiger partial charge in [-0.1, -0.05) is 97.9 Å². The number of rotatable bonds is 9. The molecule has 8 heteroatoms. The van der Waals surface area contributed by atoms with Crippen molar-refractivity contribution in [2.24, 2.45) is 0 Å². The van der Waals surface area contributed by atoms with Crippen molar-refractivity contribution in [3.05, 3.63) is 151 Å². The van der Waals surface area contributed by atoms with E-state index in [2.05, 4.69) is 29.2 Å². The summed E-state index contributed by atoms with van der Waals surface area (Å²) in [4.78, 5) is 2.09. The second-order valence-electron chi connectivity index (χ2n) is 11.3. The minimum Gasteiger partial charge on any atom is -0.748 e. The number of para-hydroxylation sites is 1. The average Bonchev–Trinajstić information content (AvgIpc) is 3.63. The molecule has 0 fully saturated rings. The summed E-state index contributed by atoms with van der Waals surface area (Å²) in [6.07, 6.45) is 4.50. The summed E-state index contributed by atoms with van der Waals surface area (Å²) in [6.45, 7) is 1.99. The monoisotopic (exact) mass is 640 g/mol. The van der Waals surface area contributed by atoms with Gasteiger partial charge in [0.25, 0.3) is 5.52 Å². The van der Waals surface area contributed by atoms with E-state index in [0.29, 0.717) is 29.3 Å². The lowest BCUT2D eigenvalue weighted by Gasteiger charge is -2.19. The number of fused-ring (bicyclic) bond motifs is 2. The molecule has 0 aliphatic carbocycles. The lowest BCUT2D eigenvalue weighted by Crippen LogP contribution is -2.38. The molecule has 6 aromatic rings.